The van der Waals surface area contributed by atoms with E-state index in [-0.39, 0.29) is 17.7 Å². The normalized spacial score (nSPS) is 22.2. The summed E-state index contributed by atoms with van der Waals surface area (Å²) in [5.74, 6) is -1.06. The van der Waals surface area contributed by atoms with E-state index in [1.165, 1.54) is 5.56 Å². The summed E-state index contributed by atoms with van der Waals surface area (Å²) in [6.07, 6.45) is 3.46. The van der Waals surface area contributed by atoms with Crippen LogP contribution in [0.25, 0.3) is 0 Å². The number of hydrogen-bond acceptors (Lipinski definition) is 2. The molecule has 0 aliphatic heterocycles. The van der Waals surface area contributed by atoms with Crippen molar-refractivity contribution in [3.8, 4) is 0 Å². The fourth-order valence-electron chi connectivity index (χ4n) is 2.72. The van der Waals surface area contributed by atoms with Crippen LogP contribution in [0, 0.1) is 11.8 Å². The first-order valence-corrected chi connectivity index (χ1v) is 7.22. The van der Waals surface area contributed by atoms with Gasteiger partial charge in [0.15, 0.2) is 0 Å². The first kappa shape index (κ1) is 14.6. The largest absolute Gasteiger partial charge is 0.481 e. The minimum absolute atomic E-state index is 0.0158. The van der Waals surface area contributed by atoms with E-state index in [2.05, 4.69) is 12.2 Å². The summed E-state index contributed by atoms with van der Waals surface area (Å²) in [6.45, 7) is 2.08. The number of carbonyl (C=O) groups is 2. The number of rotatable bonds is 4. The van der Waals surface area contributed by atoms with E-state index in [1.807, 2.05) is 24.3 Å². The highest BCUT2D eigenvalue weighted by molar-refractivity contribution is 5.92. The highest BCUT2D eigenvalue weighted by Crippen LogP contribution is 2.29. The van der Waals surface area contributed by atoms with E-state index in [1.54, 1.807) is 0 Å². The van der Waals surface area contributed by atoms with Crippen LogP contribution in [0.3, 0.4) is 0 Å². The van der Waals surface area contributed by atoms with Gasteiger partial charge in [-0.3, -0.25) is 9.59 Å². The Morgan fingerprint density at radius 2 is 1.85 bits per heavy atom. The molecule has 0 spiro atoms. The fraction of sp³-hybridized carbons (Fsp3) is 0.500. The number of anilines is 1. The molecule has 0 saturated heterocycles. The van der Waals surface area contributed by atoms with Gasteiger partial charge in [-0.25, -0.2) is 0 Å². The molecule has 0 radical (unpaired) electrons. The second-order valence-corrected chi connectivity index (χ2v) is 5.43. The van der Waals surface area contributed by atoms with Gasteiger partial charge in [0.1, 0.15) is 0 Å². The maximum absolute atomic E-state index is 12.2. The number of carboxylic acids is 1. The van der Waals surface area contributed by atoms with Crippen LogP contribution in [-0.4, -0.2) is 17.0 Å². The van der Waals surface area contributed by atoms with Crippen LogP contribution in [-0.2, 0) is 16.0 Å². The van der Waals surface area contributed by atoms with E-state index in [0.29, 0.717) is 25.7 Å². The lowest BCUT2D eigenvalue weighted by Crippen LogP contribution is -2.29. The first-order valence-electron chi connectivity index (χ1n) is 7.22. The van der Waals surface area contributed by atoms with Gasteiger partial charge in [-0.1, -0.05) is 19.1 Å². The Balaban J connectivity index is 1.91. The zero-order chi connectivity index (χ0) is 14.5. The lowest BCUT2D eigenvalue weighted by Gasteiger charge is -2.25. The quantitative estimate of drug-likeness (QED) is 0.887. The summed E-state index contributed by atoms with van der Waals surface area (Å²) >= 11 is 0. The number of carboxylic acid groups (broad SMARTS) is 1. The zero-order valence-electron chi connectivity index (χ0n) is 11.8. The average molecular weight is 275 g/mol. The molecular formula is C16H21NO3. The van der Waals surface area contributed by atoms with Crippen LogP contribution in [0.1, 0.15) is 38.2 Å². The molecule has 1 aliphatic rings. The molecule has 20 heavy (non-hydrogen) atoms. The number of aliphatic carboxylic acids is 1. The number of aryl methyl sites for hydroxylation is 1. The third-order valence-electron chi connectivity index (χ3n) is 4.05. The van der Waals surface area contributed by atoms with Gasteiger partial charge in [-0.2, -0.15) is 0 Å². The molecule has 1 saturated carbocycles. The van der Waals surface area contributed by atoms with Crippen molar-refractivity contribution in [3.63, 3.8) is 0 Å². The minimum atomic E-state index is -0.737. The van der Waals surface area contributed by atoms with Gasteiger partial charge in [0.25, 0.3) is 0 Å². The first-order chi connectivity index (χ1) is 9.60. The highest BCUT2D eigenvalue weighted by atomic mass is 16.4. The standard InChI is InChI=1S/C16H21NO3/c1-2-11-4-3-5-14(10-11)17-15(18)12-6-8-13(9-7-12)16(19)20/h3-5,10,12-13H,2,6-9H2,1H3,(H,17,18)(H,19,20). The minimum Gasteiger partial charge on any atom is -0.481 e. The molecule has 1 aromatic rings. The van der Waals surface area contributed by atoms with Crippen LogP contribution < -0.4 is 5.32 Å². The molecule has 0 bridgehead atoms. The Kier molecular flexibility index (Phi) is 4.77. The summed E-state index contributed by atoms with van der Waals surface area (Å²) < 4.78 is 0. The molecule has 2 rings (SSSR count). The Morgan fingerprint density at radius 3 is 2.45 bits per heavy atom. The van der Waals surface area contributed by atoms with Crippen molar-refractivity contribution in [1.29, 1.82) is 0 Å². The topological polar surface area (TPSA) is 66.4 Å². The van der Waals surface area contributed by atoms with Crippen molar-refractivity contribution in [1.82, 2.24) is 0 Å². The van der Waals surface area contributed by atoms with E-state index in [9.17, 15) is 9.59 Å². The summed E-state index contributed by atoms with van der Waals surface area (Å²) in [5, 5.41) is 11.9. The van der Waals surface area contributed by atoms with Crippen LogP contribution >= 0.6 is 0 Å². The van der Waals surface area contributed by atoms with E-state index in [0.717, 1.165) is 12.1 Å². The molecule has 1 amide bonds. The van der Waals surface area contributed by atoms with Gasteiger partial charge in [-0.05, 0) is 49.8 Å². The zero-order valence-corrected chi connectivity index (χ0v) is 11.8. The van der Waals surface area contributed by atoms with Gasteiger partial charge < -0.3 is 10.4 Å². The van der Waals surface area contributed by atoms with Crippen LogP contribution in [0.2, 0.25) is 0 Å². The molecule has 1 fully saturated rings. The van der Waals surface area contributed by atoms with E-state index < -0.39 is 5.97 Å². The Morgan fingerprint density at radius 1 is 1.20 bits per heavy atom. The Labute approximate surface area is 119 Å². The predicted octanol–water partition coefficient (Wildman–Crippen LogP) is 3.08. The van der Waals surface area contributed by atoms with E-state index in [4.69, 9.17) is 5.11 Å². The van der Waals surface area contributed by atoms with Crippen LogP contribution in [0.5, 0.6) is 0 Å². The lowest BCUT2D eigenvalue weighted by atomic mass is 9.81. The molecule has 2 N–H and O–H groups in total. The Bertz CT molecular complexity index is 490. The molecule has 4 nitrogen and oxygen atoms in total. The molecule has 0 aromatic heterocycles. The summed E-state index contributed by atoms with van der Waals surface area (Å²) in [7, 11) is 0. The molecule has 0 heterocycles. The number of carbonyl (C=O) groups excluding carboxylic acids is 1. The van der Waals surface area contributed by atoms with Gasteiger partial charge in [-0.15, -0.1) is 0 Å². The highest BCUT2D eigenvalue weighted by Gasteiger charge is 2.29. The second-order valence-electron chi connectivity index (χ2n) is 5.43. The SMILES string of the molecule is CCc1cccc(NC(=O)C2CCC(C(=O)O)CC2)c1. The fourth-order valence-corrected chi connectivity index (χ4v) is 2.72. The van der Waals surface area contributed by atoms with Crippen molar-refractivity contribution in [2.75, 3.05) is 5.32 Å². The molecular weight excluding hydrogens is 254 g/mol. The summed E-state index contributed by atoms with van der Waals surface area (Å²) in [5.41, 5.74) is 2.02. The predicted molar refractivity (Wildman–Crippen MR) is 77.5 cm³/mol. The molecule has 0 unspecified atom stereocenters. The van der Waals surface area contributed by atoms with Crippen molar-refractivity contribution in [2.24, 2.45) is 11.8 Å². The monoisotopic (exact) mass is 275 g/mol. The smallest absolute Gasteiger partial charge is 0.306 e. The van der Waals surface area contributed by atoms with Crippen LogP contribution in [0.15, 0.2) is 24.3 Å². The number of hydrogen-bond donors (Lipinski definition) is 2. The van der Waals surface area contributed by atoms with Crippen molar-refractivity contribution in [2.45, 2.75) is 39.0 Å². The third-order valence-corrected chi connectivity index (χ3v) is 4.05. The molecule has 1 aromatic carbocycles. The third kappa shape index (κ3) is 3.59. The number of amides is 1. The maximum atomic E-state index is 12.2. The number of benzene rings is 1. The van der Waals surface area contributed by atoms with Crippen molar-refractivity contribution >= 4 is 17.6 Å². The average Bonchev–Trinajstić information content (AvgIpc) is 2.47. The van der Waals surface area contributed by atoms with Gasteiger partial charge >= 0.3 is 5.97 Å². The van der Waals surface area contributed by atoms with Crippen LogP contribution in [0.4, 0.5) is 5.69 Å². The van der Waals surface area contributed by atoms with Crippen molar-refractivity contribution < 1.29 is 14.7 Å². The molecule has 1 aliphatic carbocycles. The maximum Gasteiger partial charge on any atom is 0.306 e. The molecule has 4 heteroatoms. The summed E-state index contributed by atoms with van der Waals surface area (Å²) in [4.78, 5) is 23.1. The molecule has 0 atom stereocenters. The second kappa shape index (κ2) is 6.55. The molecule has 108 valence electrons. The van der Waals surface area contributed by atoms with Crippen molar-refractivity contribution in [3.05, 3.63) is 29.8 Å². The summed E-state index contributed by atoms with van der Waals surface area (Å²) in [6, 6.07) is 7.85. The lowest BCUT2D eigenvalue weighted by molar-refractivity contribution is -0.143. The van der Waals surface area contributed by atoms with Gasteiger partial charge in [0.2, 0.25) is 5.91 Å². The van der Waals surface area contributed by atoms with Gasteiger partial charge in [0.05, 0.1) is 5.92 Å². The number of nitrogens with one attached hydrogen (secondary N) is 1. The Hall–Kier alpha value is -1.84. The van der Waals surface area contributed by atoms with E-state index >= 15 is 0 Å². The van der Waals surface area contributed by atoms with Gasteiger partial charge in [0, 0.05) is 11.6 Å².